The number of halogens is 1. The van der Waals surface area contributed by atoms with E-state index in [4.69, 9.17) is 11.6 Å². The Morgan fingerprint density at radius 1 is 1.21 bits per heavy atom. The van der Waals surface area contributed by atoms with Gasteiger partial charge in [0.15, 0.2) is 9.84 Å². The van der Waals surface area contributed by atoms with Gasteiger partial charge in [0, 0.05) is 22.8 Å². The number of anilines is 3. The van der Waals surface area contributed by atoms with Crippen LogP contribution in [0.3, 0.4) is 0 Å². The zero-order valence-electron chi connectivity index (χ0n) is 13.5. The van der Waals surface area contributed by atoms with Gasteiger partial charge in [0.1, 0.15) is 17.5 Å². The Morgan fingerprint density at radius 3 is 2.67 bits per heavy atom. The topological polar surface area (TPSA) is 84.0 Å². The average Bonchev–Trinajstić information content (AvgIpc) is 2.82. The van der Waals surface area contributed by atoms with Gasteiger partial charge in [-0.15, -0.1) is 0 Å². The molecule has 0 spiro atoms. The van der Waals surface area contributed by atoms with E-state index in [0.717, 1.165) is 11.3 Å². The molecule has 2 N–H and O–H groups in total. The minimum atomic E-state index is -2.93. The summed E-state index contributed by atoms with van der Waals surface area (Å²) in [6.45, 7) is 3.73. The van der Waals surface area contributed by atoms with Crippen LogP contribution in [0.4, 0.5) is 17.3 Å². The summed E-state index contributed by atoms with van der Waals surface area (Å²) in [4.78, 5) is 8.72. The van der Waals surface area contributed by atoms with E-state index in [9.17, 15) is 8.42 Å². The van der Waals surface area contributed by atoms with Crippen LogP contribution in [0.25, 0.3) is 0 Å². The highest BCUT2D eigenvalue weighted by Crippen LogP contribution is 2.26. The smallest absolute Gasteiger partial charge is 0.152 e. The molecule has 1 fully saturated rings. The third-order valence-corrected chi connectivity index (χ3v) is 6.13. The van der Waals surface area contributed by atoms with Gasteiger partial charge >= 0.3 is 0 Å². The van der Waals surface area contributed by atoms with Crippen molar-refractivity contribution >= 4 is 38.8 Å². The lowest BCUT2D eigenvalue weighted by molar-refractivity contribution is 0.602. The molecule has 0 saturated carbocycles. The summed E-state index contributed by atoms with van der Waals surface area (Å²) in [5.74, 6) is 2.22. The Balaban J connectivity index is 1.80. The maximum Gasteiger partial charge on any atom is 0.152 e. The molecule has 6 nitrogen and oxygen atoms in total. The first-order chi connectivity index (χ1) is 11.3. The maximum atomic E-state index is 11.6. The molecule has 8 heteroatoms. The van der Waals surface area contributed by atoms with E-state index in [-0.39, 0.29) is 17.5 Å². The second-order valence-electron chi connectivity index (χ2n) is 5.97. The zero-order valence-corrected chi connectivity index (χ0v) is 15.1. The first kappa shape index (κ1) is 17.0. The fourth-order valence-electron chi connectivity index (χ4n) is 2.70. The van der Waals surface area contributed by atoms with E-state index < -0.39 is 9.84 Å². The molecule has 1 aromatic carbocycles. The quantitative estimate of drug-likeness (QED) is 0.865. The fourth-order valence-corrected chi connectivity index (χ4v) is 4.55. The third kappa shape index (κ3) is 3.96. The molecule has 1 aliphatic rings. The summed E-state index contributed by atoms with van der Waals surface area (Å²) in [5, 5.41) is 7.12. The largest absolute Gasteiger partial charge is 0.366 e. The molecular weight excluding hydrogens is 348 g/mol. The number of hydrogen-bond donors (Lipinski definition) is 2. The van der Waals surface area contributed by atoms with Crippen LogP contribution in [0.2, 0.25) is 5.02 Å². The molecule has 3 rings (SSSR count). The molecule has 1 unspecified atom stereocenters. The molecule has 1 aliphatic heterocycles. The van der Waals surface area contributed by atoms with Gasteiger partial charge in [-0.25, -0.2) is 18.4 Å². The van der Waals surface area contributed by atoms with Crippen molar-refractivity contribution < 1.29 is 8.42 Å². The summed E-state index contributed by atoms with van der Waals surface area (Å²) < 4.78 is 23.2. The molecule has 128 valence electrons. The van der Waals surface area contributed by atoms with Crippen LogP contribution in [-0.2, 0) is 9.84 Å². The van der Waals surface area contributed by atoms with Gasteiger partial charge < -0.3 is 10.6 Å². The average molecular weight is 367 g/mol. The van der Waals surface area contributed by atoms with E-state index in [1.54, 1.807) is 13.0 Å². The number of aryl methyl sites for hydroxylation is 1. The molecule has 2 heterocycles. The van der Waals surface area contributed by atoms with Gasteiger partial charge in [0.05, 0.1) is 11.5 Å². The number of sulfone groups is 1. The number of nitrogens with zero attached hydrogens (tertiary/aromatic N) is 2. The third-order valence-electron chi connectivity index (χ3n) is 3.95. The van der Waals surface area contributed by atoms with Crippen molar-refractivity contribution in [3.63, 3.8) is 0 Å². The van der Waals surface area contributed by atoms with Crippen LogP contribution in [0.5, 0.6) is 0 Å². The van der Waals surface area contributed by atoms with Gasteiger partial charge in [0.25, 0.3) is 0 Å². The molecule has 1 aromatic heterocycles. The molecule has 2 aromatic rings. The first-order valence-corrected chi connectivity index (χ1v) is 9.87. The van der Waals surface area contributed by atoms with Crippen molar-refractivity contribution in [1.29, 1.82) is 0 Å². The maximum absolute atomic E-state index is 11.6. The number of benzene rings is 1. The lowest BCUT2D eigenvalue weighted by Gasteiger charge is -2.14. The summed E-state index contributed by atoms with van der Waals surface area (Å²) >= 11 is 6.14. The normalized spacial score (nSPS) is 19.2. The predicted octanol–water partition coefficient (Wildman–Crippen LogP) is 3.09. The highest BCUT2D eigenvalue weighted by Gasteiger charge is 2.28. The van der Waals surface area contributed by atoms with Crippen LogP contribution in [0.1, 0.15) is 17.8 Å². The molecule has 0 bridgehead atoms. The molecule has 1 saturated heterocycles. The Labute approximate surface area is 146 Å². The van der Waals surface area contributed by atoms with E-state index in [1.807, 2.05) is 25.1 Å². The van der Waals surface area contributed by atoms with Gasteiger partial charge in [-0.2, -0.15) is 0 Å². The fraction of sp³-hybridized carbons (Fsp3) is 0.375. The Hall–Kier alpha value is -1.86. The molecular formula is C16H19ClN4O2S. The zero-order chi connectivity index (χ0) is 17.3. The summed E-state index contributed by atoms with van der Waals surface area (Å²) in [5.41, 5.74) is 1.81. The van der Waals surface area contributed by atoms with Crippen LogP contribution >= 0.6 is 11.6 Å². The lowest BCUT2D eigenvalue weighted by Crippen LogP contribution is -2.21. The van der Waals surface area contributed by atoms with Gasteiger partial charge in [0.2, 0.25) is 0 Å². The van der Waals surface area contributed by atoms with Crippen LogP contribution in [-0.4, -0.2) is 35.9 Å². The van der Waals surface area contributed by atoms with Crippen LogP contribution in [0.15, 0.2) is 24.3 Å². The number of rotatable bonds is 4. The number of hydrogen-bond acceptors (Lipinski definition) is 6. The Morgan fingerprint density at radius 2 is 1.96 bits per heavy atom. The Kier molecular flexibility index (Phi) is 4.64. The SMILES string of the molecule is Cc1nc(Nc2cccc(Cl)c2C)cc(NC2CCS(=O)(=O)C2)n1. The van der Waals surface area contributed by atoms with Gasteiger partial charge in [-0.1, -0.05) is 17.7 Å². The monoisotopic (exact) mass is 366 g/mol. The van der Waals surface area contributed by atoms with Crippen molar-refractivity contribution in [2.24, 2.45) is 0 Å². The summed E-state index contributed by atoms with van der Waals surface area (Å²) in [6.07, 6.45) is 0.599. The highest BCUT2D eigenvalue weighted by atomic mass is 35.5. The predicted molar refractivity (Wildman–Crippen MR) is 96.9 cm³/mol. The highest BCUT2D eigenvalue weighted by molar-refractivity contribution is 7.91. The minimum absolute atomic E-state index is 0.106. The first-order valence-electron chi connectivity index (χ1n) is 7.67. The minimum Gasteiger partial charge on any atom is -0.366 e. The van der Waals surface area contributed by atoms with Gasteiger partial charge in [-0.3, -0.25) is 0 Å². The van der Waals surface area contributed by atoms with Crippen molar-refractivity contribution in [2.75, 3.05) is 22.1 Å². The second kappa shape index (κ2) is 6.57. The van der Waals surface area contributed by atoms with E-state index in [1.165, 1.54) is 0 Å². The summed E-state index contributed by atoms with van der Waals surface area (Å²) in [7, 11) is -2.93. The Bertz CT molecular complexity index is 870. The van der Waals surface area contributed by atoms with E-state index >= 15 is 0 Å². The van der Waals surface area contributed by atoms with Crippen LogP contribution < -0.4 is 10.6 Å². The lowest BCUT2D eigenvalue weighted by atomic mass is 10.2. The van der Waals surface area contributed by atoms with Gasteiger partial charge in [-0.05, 0) is 38.0 Å². The van der Waals surface area contributed by atoms with Crippen molar-refractivity contribution in [1.82, 2.24) is 9.97 Å². The molecule has 0 radical (unpaired) electrons. The molecule has 24 heavy (non-hydrogen) atoms. The number of aromatic nitrogens is 2. The van der Waals surface area contributed by atoms with E-state index in [0.29, 0.717) is 28.9 Å². The summed E-state index contributed by atoms with van der Waals surface area (Å²) in [6, 6.07) is 7.30. The molecule has 0 aliphatic carbocycles. The van der Waals surface area contributed by atoms with Crippen molar-refractivity contribution in [3.05, 3.63) is 40.7 Å². The molecule has 0 amide bonds. The standard InChI is InChI=1S/C16H19ClN4O2S/c1-10-13(17)4-3-5-14(10)21-16-8-15(18-11(2)19-16)20-12-6-7-24(22,23)9-12/h3-5,8,12H,6-7,9H2,1-2H3,(H2,18,19,20,21). The van der Waals surface area contributed by atoms with Crippen molar-refractivity contribution in [2.45, 2.75) is 26.3 Å². The number of nitrogens with one attached hydrogen (secondary N) is 2. The van der Waals surface area contributed by atoms with Crippen molar-refractivity contribution in [3.8, 4) is 0 Å². The second-order valence-corrected chi connectivity index (χ2v) is 8.60. The van der Waals surface area contributed by atoms with Crippen LogP contribution in [0, 0.1) is 13.8 Å². The van der Waals surface area contributed by atoms with E-state index in [2.05, 4.69) is 20.6 Å². The molecule has 1 atom stereocenters.